The molecule has 0 radical (unpaired) electrons. The van der Waals surface area contributed by atoms with E-state index in [1.54, 1.807) is 17.5 Å². The minimum atomic E-state index is 0.0967. The van der Waals surface area contributed by atoms with Crippen LogP contribution in [0.15, 0.2) is 67.1 Å². The molecule has 0 aliphatic heterocycles. The Bertz CT molecular complexity index is 1810. The number of aromatic nitrogens is 5. The van der Waals surface area contributed by atoms with Gasteiger partial charge in [-0.3, -0.25) is 19.9 Å². The molecule has 1 saturated carbocycles. The van der Waals surface area contributed by atoms with E-state index in [4.69, 9.17) is 0 Å². The lowest BCUT2D eigenvalue weighted by Gasteiger charge is -2.11. The number of anilines is 1. The number of rotatable bonds is 5. The Kier molecular flexibility index (Phi) is 5.55. The number of benzene rings is 1. The van der Waals surface area contributed by atoms with Crippen LogP contribution in [0.3, 0.4) is 0 Å². The minimum Gasteiger partial charge on any atom is -0.353 e. The molecule has 3 N–H and O–H groups in total. The van der Waals surface area contributed by atoms with E-state index in [9.17, 15) is 4.79 Å². The number of nitrogens with zero attached hydrogens (tertiary/aromatic N) is 3. The number of hydrogen-bond donors (Lipinski definition) is 3. The molecule has 1 aliphatic rings. The number of hydrogen-bond acceptors (Lipinski definition) is 5. The Morgan fingerprint density at radius 2 is 1.82 bits per heavy atom. The SMILES string of the molecule is Cc1ccc(-c2nccc3[nH]c(-c4n[nH]c5ccc(-c6cncc(NC(=O)C7CCCC7)c6)cc45)cc23)s1. The van der Waals surface area contributed by atoms with Crippen molar-refractivity contribution in [2.75, 3.05) is 5.32 Å². The van der Waals surface area contributed by atoms with Crippen molar-refractivity contribution in [3.05, 3.63) is 72.0 Å². The molecule has 0 unspecified atom stereocenters. The van der Waals surface area contributed by atoms with Gasteiger partial charge in [-0.25, -0.2) is 0 Å². The van der Waals surface area contributed by atoms with Crippen molar-refractivity contribution in [1.82, 2.24) is 25.1 Å². The number of H-pyrrole nitrogens is 2. The van der Waals surface area contributed by atoms with Crippen LogP contribution in [0, 0.1) is 12.8 Å². The van der Waals surface area contributed by atoms with E-state index in [-0.39, 0.29) is 11.8 Å². The molecule has 0 spiro atoms. The summed E-state index contributed by atoms with van der Waals surface area (Å²) in [6, 6.07) is 16.6. The average Bonchev–Trinajstić information content (AvgIpc) is 3.74. The third kappa shape index (κ3) is 4.07. The molecule has 5 aromatic heterocycles. The molecule has 38 heavy (non-hydrogen) atoms. The summed E-state index contributed by atoms with van der Waals surface area (Å²) in [6.45, 7) is 2.11. The van der Waals surface area contributed by atoms with Crippen LogP contribution in [0.5, 0.6) is 0 Å². The molecule has 1 fully saturated rings. The summed E-state index contributed by atoms with van der Waals surface area (Å²) in [6.07, 6.45) is 9.59. The first-order valence-electron chi connectivity index (χ1n) is 12.9. The lowest BCUT2D eigenvalue weighted by atomic mass is 10.0. The van der Waals surface area contributed by atoms with Crippen LogP contribution < -0.4 is 5.32 Å². The fraction of sp³-hybridized carbons (Fsp3) is 0.200. The van der Waals surface area contributed by atoms with E-state index in [2.05, 4.69) is 67.7 Å². The average molecular weight is 519 g/mol. The van der Waals surface area contributed by atoms with Crippen LogP contribution in [-0.4, -0.2) is 31.1 Å². The molecule has 7 rings (SSSR count). The molecule has 5 heterocycles. The van der Waals surface area contributed by atoms with Gasteiger partial charge >= 0.3 is 0 Å². The summed E-state index contributed by atoms with van der Waals surface area (Å²) in [7, 11) is 0. The number of aromatic amines is 2. The predicted octanol–water partition coefficient (Wildman–Crippen LogP) is 7.33. The van der Waals surface area contributed by atoms with E-state index >= 15 is 0 Å². The summed E-state index contributed by atoms with van der Waals surface area (Å²) >= 11 is 1.75. The van der Waals surface area contributed by atoms with E-state index in [0.717, 1.165) is 86.3 Å². The van der Waals surface area contributed by atoms with Crippen molar-refractivity contribution >= 4 is 44.7 Å². The maximum Gasteiger partial charge on any atom is 0.227 e. The van der Waals surface area contributed by atoms with Gasteiger partial charge in [0.05, 0.1) is 33.7 Å². The van der Waals surface area contributed by atoms with Gasteiger partial charge in [0.15, 0.2) is 0 Å². The number of carbonyl (C=O) groups is 1. The summed E-state index contributed by atoms with van der Waals surface area (Å²) in [5.74, 6) is 0.207. The Labute approximate surface area is 223 Å². The molecular weight excluding hydrogens is 492 g/mol. The molecule has 188 valence electrons. The molecule has 0 bridgehead atoms. The highest BCUT2D eigenvalue weighted by Crippen LogP contribution is 2.36. The van der Waals surface area contributed by atoms with E-state index < -0.39 is 0 Å². The first-order valence-corrected chi connectivity index (χ1v) is 13.7. The number of nitrogens with one attached hydrogen (secondary N) is 3. The Balaban J connectivity index is 1.24. The number of fused-ring (bicyclic) bond motifs is 2. The second-order valence-electron chi connectivity index (χ2n) is 9.98. The zero-order chi connectivity index (χ0) is 25.6. The topological polar surface area (TPSA) is 99.3 Å². The normalized spacial score (nSPS) is 14.0. The Hall–Kier alpha value is -4.30. The number of carbonyl (C=O) groups excluding carboxylic acids is 1. The number of amides is 1. The predicted molar refractivity (Wildman–Crippen MR) is 153 cm³/mol. The third-order valence-corrected chi connectivity index (χ3v) is 8.41. The van der Waals surface area contributed by atoms with Gasteiger partial charge < -0.3 is 10.3 Å². The second kappa shape index (κ2) is 9.22. The zero-order valence-electron chi connectivity index (χ0n) is 20.9. The Morgan fingerprint density at radius 1 is 0.947 bits per heavy atom. The van der Waals surface area contributed by atoms with Gasteiger partial charge in [-0.05, 0) is 67.8 Å². The van der Waals surface area contributed by atoms with Gasteiger partial charge in [0.25, 0.3) is 0 Å². The van der Waals surface area contributed by atoms with E-state index in [0.29, 0.717) is 0 Å². The highest BCUT2D eigenvalue weighted by atomic mass is 32.1. The fourth-order valence-corrected chi connectivity index (χ4v) is 6.32. The molecule has 6 aromatic rings. The molecule has 0 atom stereocenters. The molecular formula is C30H26N6OS. The molecule has 1 amide bonds. The van der Waals surface area contributed by atoms with Crippen LogP contribution >= 0.6 is 11.3 Å². The van der Waals surface area contributed by atoms with Crippen LogP contribution in [0.25, 0.3) is 54.9 Å². The van der Waals surface area contributed by atoms with Crippen LogP contribution in [0.1, 0.15) is 30.6 Å². The fourth-order valence-electron chi connectivity index (χ4n) is 5.44. The van der Waals surface area contributed by atoms with E-state index in [1.807, 2.05) is 30.6 Å². The van der Waals surface area contributed by atoms with Crippen molar-refractivity contribution in [2.45, 2.75) is 32.6 Å². The highest BCUT2D eigenvalue weighted by Gasteiger charge is 2.23. The van der Waals surface area contributed by atoms with Gasteiger partial charge in [0.2, 0.25) is 5.91 Å². The summed E-state index contributed by atoms with van der Waals surface area (Å²) in [5.41, 5.74) is 7.42. The molecule has 1 aliphatic carbocycles. The van der Waals surface area contributed by atoms with Crippen LogP contribution in [0.4, 0.5) is 5.69 Å². The number of thiophene rings is 1. The zero-order valence-corrected chi connectivity index (χ0v) is 21.7. The largest absolute Gasteiger partial charge is 0.353 e. The van der Waals surface area contributed by atoms with Crippen LogP contribution in [-0.2, 0) is 4.79 Å². The lowest BCUT2D eigenvalue weighted by molar-refractivity contribution is -0.119. The maximum absolute atomic E-state index is 12.6. The smallest absolute Gasteiger partial charge is 0.227 e. The summed E-state index contributed by atoms with van der Waals surface area (Å²) in [4.78, 5) is 27.7. The first-order chi connectivity index (χ1) is 18.6. The minimum absolute atomic E-state index is 0.0967. The quantitative estimate of drug-likeness (QED) is 0.222. The van der Waals surface area contributed by atoms with Crippen molar-refractivity contribution in [2.24, 2.45) is 5.92 Å². The van der Waals surface area contributed by atoms with Crippen molar-refractivity contribution in [3.8, 4) is 33.1 Å². The molecule has 7 nitrogen and oxygen atoms in total. The van der Waals surface area contributed by atoms with Crippen LogP contribution in [0.2, 0.25) is 0 Å². The number of pyridine rings is 2. The Morgan fingerprint density at radius 3 is 2.66 bits per heavy atom. The first kappa shape index (κ1) is 22.9. The number of aryl methyl sites for hydroxylation is 1. The molecule has 0 saturated heterocycles. The van der Waals surface area contributed by atoms with Crippen molar-refractivity contribution < 1.29 is 4.79 Å². The monoisotopic (exact) mass is 518 g/mol. The van der Waals surface area contributed by atoms with Gasteiger partial charge in [-0.15, -0.1) is 11.3 Å². The van der Waals surface area contributed by atoms with Gasteiger partial charge in [-0.1, -0.05) is 18.9 Å². The third-order valence-electron chi connectivity index (χ3n) is 7.40. The van der Waals surface area contributed by atoms with Crippen molar-refractivity contribution in [3.63, 3.8) is 0 Å². The lowest BCUT2D eigenvalue weighted by Crippen LogP contribution is -2.20. The molecule has 1 aromatic carbocycles. The van der Waals surface area contributed by atoms with Gasteiger partial charge in [0.1, 0.15) is 5.69 Å². The standard InChI is InChI=1S/C30H26N6OS/c1-17-6-9-27(38-17)29-23-14-26(34-24(23)10-11-32-29)28-22-13-19(7-8-25(22)35-36-28)20-12-21(16-31-15-20)33-30(37)18-4-2-3-5-18/h6-16,18,34H,2-5H2,1H3,(H,33,37)(H,35,36). The van der Waals surface area contributed by atoms with Crippen molar-refractivity contribution in [1.29, 1.82) is 0 Å². The second-order valence-corrected chi connectivity index (χ2v) is 11.3. The highest BCUT2D eigenvalue weighted by molar-refractivity contribution is 7.15. The summed E-state index contributed by atoms with van der Waals surface area (Å²) in [5, 5.41) is 13.0. The molecule has 8 heteroatoms. The van der Waals surface area contributed by atoms with Gasteiger partial charge in [-0.2, -0.15) is 5.10 Å². The van der Waals surface area contributed by atoms with E-state index in [1.165, 1.54) is 4.88 Å². The summed E-state index contributed by atoms with van der Waals surface area (Å²) < 4.78 is 0. The maximum atomic E-state index is 12.6. The van der Waals surface area contributed by atoms with Gasteiger partial charge in [0, 0.05) is 45.0 Å².